The molecule has 21 heavy (non-hydrogen) atoms. The van der Waals surface area contributed by atoms with Crippen LogP contribution in [-0.2, 0) is 11.2 Å². The van der Waals surface area contributed by atoms with Crippen molar-refractivity contribution in [1.82, 2.24) is 5.32 Å². The maximum atomic E-state index is 6.40. The van der Waals surface area contributed by atoms with Gasteiger partial charge in [-0.15, -0.1) is 0 Å². The van der Waals surface area contributed by atoms with Crippen LogP contribution < -0.4 is 5.32 Å². The average Bonchev–Trinajstić information content (AvgIpc) is 2.42. The summed E-state index contributed by atoms with van der Waals surface area (Å²) >= 11 is 6.40. The standard InChI is InChI=1S/C18H28ClNO/c1-4-10-20-16(13-18(21-3)8-5-9-18)12-15-7-6-14(2)11-17(15)19/h6-7,11,16,20H,4-5,8-10,12-13H2,1-3H3. The Balaban J connectivity index is 2.04. The number of methoxy groups -OCH3 is 1. The number of benzene rings is 1. The molecule has 2 nitrogen and oxygen atoms in total. The third kappa shape index (κ3) is 4.45. The van der Waals surface area contributed by atoms with Gasteiger partial charge in [-0.3, -0.25) is 0 Å². The van der Waals surface area contributed by atoms with Crippen LogP contribution in [0.5, 0.6) is 0 Å². The Morgan fingerprint density at radius 3 is 2.67 bits per heavy atom. The van der Waals surface area contributed by atoms with Crippen molar-refractivity contribution in [3.05, 3.63) is 34.3 Å². The number of hydrogen-bond donors (Lipinski definition) is 1. The van der Waals surface area contributed by atoms with Crippen LogP contribution in [0.3, 0.4) is 0 Å². The largest absolute Gasteiger partial charge is 0.378 e. The van der Waals surface area contributed by atoms with Gasteiger partial charge in [0.1, 0.15) is 0 Å². The second-order valence-corrected chi connectivity index (χ2v) is 6.80. The van der Waals surface area contributed by atoms with Crippen molar-refractivity contribution in [3.8, 4) is 0 Å². The van der Waals surface area contributed by atoms with E-state index >= 15 is 0 Å². The van der Waals surface area contributed by atoms with E-state index in [4.69, 9.17) is 16.3 Å². The van der Waals surface area contributed by atoms with Crippen molar-refractivity contribution in [1.29, 1.82) is 0 Å². The first-order chi connectivity index (χ1) is 10.1. The predicted molar refractivity (Wildman–Crippen MR) is 90.2 cm³/mol. The van der Waals surface area contributed by atoms with Crippen LogP contribution in [-0.4, -0.2) is 25.3 Å². The molecule has 0 aromatic heterocycles. The Hall–Kier alpha value is -0.570. The van der Waals surface area contributed by atoms with E-state index in [9.17, 15) is 0 Å². The molecule has 0 spiro atoms. The van der Waals surface area contributed by atoms with Gasteiger partial charge in [-0.2, -0.15) is 0 Å². The highest BCUT2D eigenvalue weighted by Crippen LogP contribution is 2.39. The Labute approximate surface area is 134 Å². The number of aryl methyl sites for hydroxylation is 1. The average molecular weight is 310 g/mol. The quantitative estimate of drug-likeness (QED) is 0.762. The van der Waals surface area contributed by atoms with Gasteiger partial charge in [-0.05, 0) is 69.2 Å². The van der Waals surface area contributed by atoms with Crippen molar-refractivity contribution in [3.63, 3.8) is 0 Å². The summed E-state index contributed by atoms with van der Waals surface area (Å²) in [4.78, 5) is 0. The molecule has 1 aromatic carbocycles. The van der Waals surface area contributed by atoms with Crippen molar-refractivity contribution in [2.24, 2.45) is 0 Å². The van der Waals surface area contributed by atoms with Gasteiger partial charge < -0.3 is 10.1 Å². The zero-order chi connectivity index (χ0) is 15.3. The highest BCUT2D eigenvalue weighted by atomic mass is 35.5. The molecule has 3 heteroatoms. The molecule has 1 unspecified atom stereocenters. The van der Waals surface area contributed by atoms with Gasteiger partial charge in [0, 0.05) is 18.2 Å². The van der Waals surface area contributed by atoms with Gasteiger partial charge in [0.25, 0.3) is 0 Å². The van der Waals surface area contributed by atoms with E-state index in [1.54, 1.807) is 0 Å². The molecule has 1 saturated carbocycles. The molecule has 1 aliphatic carbocycles. The molecular formula is C18H28ClNO. The topological polar surface area (TPSA) is 21.3 Å². The molecule has 2 rings (SSSR count). The fraction of sp³-hybridized carbons (Fsp3) is 0.667. The summed E-state index contributed by atoms with van der Waals surface area (Å²) in [6.45, 7) is 5.34. The number of halogens is 1. The summed E-state index contributed by atoms with van der Waals surface area (Å²) in [5.41, 5.74) is 2.55. The SMILES string of the molecule is CCCNC(Cc1ccc(C)cc1Cl)CC1(OC)CCC1. The Morgan fingerprint density at radius 1 is 1.38 bits per heavy atom. The van der Waals surface area contributed by atoms with Gasteiger partial charge in [0.2, 0.25) is 0 Å². The van der Waals surface area contributed by atoms with Gasteiger partial charge in [0.15, 0.2) is 0 Å². The minimum atomic E-state index is 0.0998. The van der Waals surface area contributed by atoms with Crippen molar-refractivity contribution in [2.45, 2.75) is 64.0 Å². The normalized spacial score (nSPS) is 18.3. The van der Waals surface area contributed by atoms with E-state index < -0.39 is 0 Å². The van der Waals surface area contributed by atoms with E-state index in [1.165, 1.54) is 30.4 Å². The molecule has 0 aliphatic heterocycles. The molecule has 0 amide bonds. The summed E-state index contributed by atoms with van der Waals surface area (Å²) in [5.74, 6) is 0. The molecular weight excluding hydrogens is 282 g/mol. The summed E-state index contributed by atoms with van der Waals surface area (Å²) in [6, 6.07) is 6.81. The molecule has 118 valence electrons. The maximum Gasteiger partial charge on any atom is 0.0693 e. The van der Waals surface area contributed by atoms with E-state index in [0.29, 0.717) is 6.04 Å². The zero-order valence-electron chi connectivity index (χ0n) is 13.5. The molecule has 0 saturated heterocycles. The number of ether oxygens (including phenoxy) is 1. The summed E-state index contributed by atoms with van der Waals surface area (Å²) in [7, 11) is 1.86. The van der Waals surface area contributed by atoms with E-state index in [1.807, 2.05) is 7.11 Å². The summed E-state index contributed by atoms with van der Waals surface area (Å²) < 4.78 is 5.80. The molecule has 1 fully saturated rings. The molecule has 0 radical (unpaired) electrons. The Morgan fingerprint density at radius 2 is 2.14 bits per heavy atom. The summed E-state index contributed by atoms with van der Waals surface area (Å²) in [5, 5.41) is 4.57. The zero-order valence-corrected chi connectivity index (χ0v) is 14.3. The van der Waals surface area contributed by atoms with Gasteiger partial charge in [-0.1, -0.05) is 30.7 Å². The predicted octanol–water partition coefficient (Wildman–Crippen LogP) is 4.52. The fourth-order valence-electron chi connectivity index (χ4n) is 3.16. The number of nitrogens with one attached hydrogen (secondary N) is 1. The first-order valence-corrected chi connectivity index (χ1v) is 8.50. The lowest BCUT2D eigenvalue weighted by molar-refractivity contribution is -0.0834. The Kier molecular flexibility index (Phi) is 6.09. The van der Waals surface area contributed by atoms with Crippen LogP contribution in [0.25, 0.3) is 0 Å². The monoisotopic (exact) mass is 309 g/mol. The maximum absolute atomic E-state index is 6.40. The minimum Gasteiger partial charge on any atom is -0.378 e. The van der Waals surface area contributed by atoms with E-state index in [0.717, 1.165) is 30.8 Å². The van der Waals surface area contributed by atoms with Crippen LogP contribution in [0.2, 0.25) is 5.02 Å². The highest BCUT2D eigenvalue weighted by Gasteiger charge is 2.38. The molecule has 0 heterocycles. The minimum absolute atomic E-state index is 0.0998. The first-order valence-electron chi connectivity index (χ1n) is 8.12. The lowest BCUT2D eigenvalue weighted by Gasteiger charge is -2.43. The van der Waals surface area contributed by atoms with E-state index in [2.05, 4.69) is 37.4 Å². The van der Waals surface area contributed by atoms with Gasteiger partial charge >= 0.3 is 0 Å². The van der Waals surface area contributed by atoms with Crippen LogP contribution in [0.4, 0.5) is 0 Å². The second kappa shape index (κ2) is 7.62. The van der Waals surface area contributed by atoms with Crippen molar-refractivity contribution >= 4 is 11.6 Å². The lowest BCUT2D eigenvalue weighted by Crippen LogP contribution is -2.46. The molecule has 1 atom stereocenters. The third-order valence-electron chi connectivity index (χ3n) is 4.67. The summed E-state index contributed by atoms with van der Waals surface area (Å²) in [6.07, 6.45) is 6.88. The molecule has 1 aromatic rings. The Bertz CT molecular complexity index is 451. The van der Waals surface area contributed by atoms with Gasteiger partial charge in [-0.25, -0.2) is 0 Å². The third-order valence-corrected chi connectivity index (χ3v) is 5.03. The molecule has 1 N–H and O–H groups in total. The molecule has 1 aliphatic rings. The number of rotatable bonds is 8. The molecule has 0 bridgehead atoms. The first kappa shape index (κ1) is 16.8. The van der Waals surface area contributed by atoms with Crippen molar-refractivity contribution < 1.29 is 4.74 Å². The van der Waals surface area contributed by atoms with E-state index in [-0.39, 0.29) is 5.60 Å². The van der Waals surface area contributed by atoms with Crippen LogP contribution >= 0.6 is 11.6 Å². The second-order valence-electron chi connectivity index (χ2n) is 6.39. The van der Waals surface area contributed by atoms with Crippen LogP contribution in [0, 0.1) is 6.92 Å². The highest BCUT2D eigenvalue weighted by molar-refractivity contribution is 6.31. The van der Waals surface area contributed by atoms with Gasteiger partial charge in [0.05, 0.1) is 5.60 Å². The number of hydrogen-bond acceptors (Lipinski definition) is 2. The van der Waals surface area contributed by atoms with Crippen LogP contribution in [0.1, 0.15) is 50.2 Å². The van der Waals surface area contributed by atoms with Crippen molar-refractivity contribution in [2.75, 3.05) is 13.7 Å². The fourth-order valence-corrected chi connectivity index (χ4v) is 3.47. The van der Waals surface area contributed by atoms with Crippen LogP contribution in [0.15, 0.2) is 18.2 Å². The smallest absolute Gasteiger partial charge is 0.0693 e. The lowest BCUT2D eigenvalue weighted by atomic mass is 9.75.